The third-order valence-corrected chi connectivity index (χ3v) is 2.29. The first-order valence-electron chi connectivity index (χ1n) is 4.86. The van der Waals surface area contributed by atoms with Crippen LogP contribution < -0.4 is 0 Å². The average molecular weight is 190 g/mol. The van der Waals surface area contributed by atoms with E-state index in [9.17, 15) is 0 Å². The highest BCUT2D eigenvalue weighted by atomic mass is 16.7. The maximum Gasteiger partial charge on any atom is 0.184 e. The summed E-state index contributed by atoms with van der Waals surface area (Å²) in [6, 6.07) is 10.2. The molecule has 1 aliphatic heterocycles. The first-order valence-corrected chi connectivity index (χ1v) is 4.86. The first-order chi connectivity index (χ1) is 6.92. The summed E-state index contributed by atoms with van der Waals surface area (Å²) in [7, 11) is 0. The fourth-order valence-corrected chi connectivity index (χ4v) is 1.61. The SMILES string of the molecule is C/C=C(\c1ccccc1)C1OCCO1. The molecule has 0 bridgehead atoms. The molecule has 1 saturated heterocycles. The highest BCUT2D eigenvalue weighted by Crippen LogP contribution is 2.23. The van der Waals surface area contributed by atoms with Gasteiger partial charge in [0.15, 0.2) is 6.29 Å². The minimum Gasteiger partial charge on any atom is -0.346 e. The number of hydrogen-bond donors (Lipinski definition) is 0. The van der Waals surface area contributed by atoms with Crippen LogP contribution in [0, 0.1) is 0 Å². The molecule has 74 valence electrons. The van der Waals surface area contributed by atoms with Crippen LogP contribution in [0.15, 0.2) is 36.4 Å². The van der Waals surface area contributed by atoms with Crippen LogP contribution >= 0.6 is 0 Å². The summed E-state index contributed by atoms with van der Waals surface area (Å²) >= 11 is 0. The maximum absolute atomic E-state index is 5.47. The van der Waals surface area contributed by atoms with Gasteiger partial charge in [0.1, 0.15) is 0 Å². The van der Waals surface area contributed by atoms with Crippen molar-refractivity contribution < 1.29 is 9.47 Å². The van der Waals surface area contributed by atoms with Crippen molar-refractivity contribution in [2.75, 3.05) is 13.2 Å². The Balaban J connectivity index is 2.22. The second kappa shape index (κ2) is 4.40. The van der Waals surface area contributed by atoms with Crippen LogP contribution in [-0.4, -0.2) is 19.5 Å². The zero-order valence-corrected chi connectivity index (χ0v) is 8.27. The summed E-state index contributed by atoms with van der Waals surface area (Å²) in [5, 5.41) is 0. The number of benzene rings is 1. The second-order valence-corrected chi connectivity index (χ2v) is 3.18. The van der Waals surface area contributed by atoms with E-state index >= 15 is 0 Å². The first kappa shape index (κ1) is 9.44. The van der Waals surface area contributed by atoms with Gasteiger partial charge in [0.05, 0.1) is 13.2 Å². The number of ether oxygens (including phenoxy) is 2. The molecule has 2 rings (SSSR count). The van der Waals surface area contributed by atoms with E-state index in [1.165, 1.54) is 5.56 Å². The summed E-state index contributed by atoms with van der Waals surface area (Å²) in [5.41, 5.74) is 2.28. The number of rotatable bonds is 2. The second-order valence-electron chi connectivity index (χ2n) is 3.18. The Labute approximate surface area is 84.2 Å². The minimum atomic E-state index is -0.178. The molecule has 2 nitrogen and oxygen atoms in total. The fourth-order valence-electron chi connectivity index (χ4n) is 1.61. The van der Waals surface area contributed by atoms with Crippen LogP contribution in [0.1, 0.15) is 12.5 Å². The Bertz CT molecular complexity index is 310. The van der Waals surface area contributed by atoms with Gasteiger partial charge in [0, 0.05) is 5.57 Å². The molecule has 0 aromatic heterocycles. The Kier molecular flexibility index (Phi) is 2.96. The van der Waals surface area contributed by atoms with Gasteiger partial charge in [-0.15, -0.1) is 0 Å². The Hall–Kier alpha value is -1.12. The van der Waals surface area contributed by atoms with Gasteiger partial charge in [-0.2, -0.15) is 0 Å². The largest absolute Gasteiger partial charge is 0.346 e. The fraction of sp³-hybridized carbons (Fsp3) is 0.333. The van der Waals surface area contributed by atoms with Gasteiger partial charge in [0.2, 0.25) is 0 Å². The molecule has 1 fully saturated rings. The van der Waals surface area contributed by atoms with Gasteiger partial charge < -0.3 is 9.47 Å². The lowest BCUT2D eigenvalue weighted by Crippen LogP contribution is -2.10. The minimum absolute atomic E-state index is 0.178. The zero-order chi connectivity index (χ0) is 9.80. The lowest BCUT2D eigenvalue weighted by molar-refractivity contribution is 0.00683. The Morgan fingerprint density at radius 2 is 1.86 bits per heavy atom. The van der Waals surface area contributed by atoms with Gasteiger partial charge in [-0.3, -0.25) is 0 Å². The normalized spacial score (nSPS) is 18.8. The monoisotopic (exact) mass is 190 g/mol. The molecule has 14 heavy (non-hydrogen) atoms. The number of allylic oxidation sites excluding steroid dienone is 1. The van der Waals surface area contributed by atoms with Crippen molar-refractivity contribution in [3.8, 4) is 0 Å². The maximum atomic E-state index is 5.47. The Morgan fingerprint density at radius 3 is 2.43 bits per heavy atom. The molecule has 1 heterocycles. The van der Waals surface area contributed by atoms with Crippen LogP contribution in [0.25, 0.3) is 5.57 Å². The smallest absolute Gasteiger partial charge is 0.184 e. The highest BCUT2D eigenvalue weighted by molar-refractivity contribution is 5.67. The van der Waals surface area contributed by atoms with E-state index in [0.717, 1.165) is 5.57 Å². The van der Waals surface area contributed by atoms with Crippen LogP contribution in [-0.2, 0) is 9.47 Å². The van der Waals surface area contributed by atoms with Crippen LogP contribution in [0.2, 0.25) is 0 Å². The van der Waals surface area contributed by atoms with Crippen LogP contribution in [0.4, 0.5) is 0 Å². The summed E-state index contributed by atoms with van der Waals surface area (Å²) in [5.74, 6) is 0. The van der Waals surface area contributed by atoms with E-state index in [1.54, 1.807) is 0 Å². The summed E-state index contributed by atoms with van der Waals surface area (Å²) < 4.78 is 10.9. The van der Waals surface area contributed by atoms with E-state index in [-0.39, 0.29) is 6.29 Å². The quantitative estimate of drug-likeness (QED) is 0.713. The van der Waals surface area contributed by atoms with Crippen molar-refractivity contribution in [3.63, 3.8) is 0 Å². The molecule has 0 aliphatic carbocycles. The van der Waals surface area contributed by atoms with Crippen molar-refractivity contribution in [3.05, 3.63) is 42.0 Å². The lowest BCUT2D eigenvalue weighted by Gasteiger charge is -2.13. The standard InChI is InChI=1S/C12H14O2/c1-2-11(12-13-8-9-14-12)10-6-4-3-5-7-10/h2-7,12H,8-9H2,1H3/b11-2+. The summed E-state index contributed by atoms with van der Waals surface area (Å²) in [6.07, 6.45) is 1.87. The van der Waals surface area contributed by atoms with Crippen molar-refractivity contribution in [1.29, 1.82) is 0 Å². The third kappa shape index (κ3) is 1.86. The zero-order valence-electron chi connectivity index (χ0n) is 8.27. The van der Waals surface area contributed by atoms with Crippen molar-refractivity contribution in [2.45, 2.75) is 13.2 Å². The van der Waals surface area contributed by atoms with Gasteiger partial charge in [-0.05, 0) is 12.5 Å². The van der Waals surface area contributed by atoms with Gasteiger partial charge in [-0.1, -0.05) is 36.4 Å². The molecular weight excluding hydrogens is 176 g/mol. The summed E-state index contributed by atoms with van der Waals surface area (Å²) in [4.78, 5) is 0. The molecule has 0 amide bonds. The average Bonchev–Trinajstić information content (AvgIpc) is 2.74. The molecule has 0 atom stereocenters. The third-order valence-electron chi connectivity index (χ3n) is 2.29. The summed E-state index contributed by atoms with van der Waals surface area (Å²) in [6.45, 7) is 3.39. The molecule has 0 unspecified atom stereocenters. The lowest BCUT2D eigenvalue weighted by atomic mass is 10.1. The van der Waals surface area contributed by atoms with Gasteiger partial charge in [0.25, 0.3) is 0 Å². The van der Waals surface area contributed by atoms with E-state index in [4.69, 9.17) is 9.47 Å². The number of hydrogen-bond acceptors (Lipinski definition) is 2. The van der Waals surface area contributed by atoms with E-state index < -0.39 is 0 Å². The molecule has 0 saturated carbocycles. The molecule has 1 aromatic carbocycles. The molecule has 0 N–H and O–H groups in total. The molecule has 1 aliphatic rings. The van der Waals surface area contributed by atoms with Crippen LogP contribution in [0.3, 0.4) is 0 Å². The van der Waals surface area contributed by atoms with Crippen molar-refractivity contribution >= 4 is 5.57 Å². The van der Waals surface area contributed by atoms with Crippen molar-refractivity contribution in [1.82, 2.24) is 0 Å². The van der Waals surface area contributed by atoms with Gasteiger partial charge >= 0.3 is 0 Å². The Morgan fingerprint density at radius 1 is 1.21 bits per heavy atom. The topological polar surface area (TPSA) is 18.5 Å². The predicted molar refractivity (Wildman–Crippen MR) is 55.8 cm³/mol. The predicted octanol–water partition coefficient (Wildman–Crippen LogP) is 2.46. The highest BCUT2D eigenvalue weighted by Gasteiger charge is 2.20. The van der Waals surface area contributed by atoms with E-state index in [1.807, 2.05) is 31.2 Å². The van der Waals surface area contributed by atoms with E-state index in [0.29, 0.717) is 13.2 Å². The molecular formula is C12H14O2. The van der Waals surface area contributed by atoms with E-state index in [2.05, 4.69) is 12.1 Å². The van der Waals surface area contributed by atoms with Gasteiger partial charge in [-0.25, -0.2) is 0 Å². The van der Waals surface area contributed by atoms with Crippen LogP contribution in [0.5, 0.6) is 0 Å². The molecule has 1 aromatic rings. The molecule has 2 heteroatoms. The van der Waals surface area contributed by atoms with Crippen molar-refractivity contribution in [2.24, 2.45) is 0 Å². The molecule has 0 radical (unpaired) electrons. The molecule has 0 spiro atoms.